The molecule has 0 aliphatic rings. The number of para-hydroxylation sites is 1. The molecule has 5 nitrogen and oxygen atoms in total. The van der Waals surface area contributed by atoms with Gasteiger partial charge in [-0.2, -0.15) is 0 Å². The number of benzene rings is 1. The average Bonchev–Trinajstić information content (AvgIpc) is 3.28. The maximum absolute atomic E-state index is 12.9. The number of aromatic nitrogens is 1. The molecule has 1 amide bonds. The number of anilines is 1. The second-order valence-electron chi connectivity index (χ2n) is 5.54. The number of amides is 1. The fourth-order valence-corrected chi connectivity index (χ4v) is 3.91. The summed E-state index contributed by atoms with van der Waals surface area (Å²) in [6.07, 6.45) is 1.50. The number of nitrogens with zero attached hydrogens (tertiary/aromatic N) is 3. The molecule has 0 unspecified atom stereocenters. The highest BCUT2D eigenvalue weighted by Crippen LogP contribution is 2.33. The number of furan rings is 1. The van der Waals surface area contributed by atoms with E-state index in [1.165, 1.54) is 17.6 Å². The van der Waals surface area contributed by atoms with E-state index in [2.05, 4.69) is 23.7 Å². The third kappa shape index (κ3) is 4.38. The van der Waals surface area contributed by atoms with E-state index in [0.717, 1.165) is 29.9 Å². The van der Waals surface area contributed by atoms with Crippen LogP contribution in [0.15, 0.2) is 41.0 Å². The van der Waals surface area contributed by atoms with Gasteiger partial charge in [-0.25, -0.2) is 4.98 Å². The Morgan fingerprint density at radius 3 is 2.58 bits per heavy atom. The van der Waals surface area contributed by atoms with Gasteiger partial charge in [0, 0.05) is 13.1 Å². The number of carbonyl (C=O) groups is 1. The van der Waals surface area contributed by atoms with Crippen LogP contribution < -0.4 is 4.90 Å². The van der Waals surface area contributed by atoms with Crippen LogP contribution in [0.5, 0.6) is 0 Å². The molecule has 0 saturated heterocycles. The van der Waals surface area contributed by atoms with Crippen LogP contribution in [-0.2, 0) is 0 Å². The zero-order valence-electron chi connectivity index (χ0n) is 14.6. The van der Waals surface area contributed by atoms with E-state index < -0.39 is 0 Å². The van der Waals surface area contributed by atoms with Gasteiger partial charge in [0.2, 0.25) is 0 Å². The van der Waals surface area contributed by atoms with Crippen molar-refractivity contribution in [2.45, 2.75) is 13.8 Å². The van der Waals surface area contributed by atoms with Gasteiger partial charge >= 0.3 is 0 Å². The third-order valence-electron chi connectivity index (χ3n) is 4.10. The lowest BCUT2D eigenvalue weighted by Gasteiger charge is -2.24. The number of hydrogen-bond acceptors (Lipinski definition) is 5. The lowest BCUT2D eigenvalue weighted by Crippen LogP contribution is -2.38. The van der Waals surface area contributed by atoms with Gasteiger partial charge in [0.25, 0.3) is 5.91 Å². The number of carbonyl (C=O) groups excluding carboxylic acids is 1. The van der Waals surface area contributed by atoms with E-state index in [4.69, 9.17) is 16.0 Å². The Morgan fingerprint density at radius 2 is 1.96 bits per heavy atom. The molecule has 0 N–H and O–H groups in total. The fourth-order valence-electron chi connectivity index (χ4n) is 2.62. The smallest absolute Gasteiger partial charge is 0.295 e. The summed E-state index contributed by atoms with van der Waals surface area (Å²) in [6, 6.07) is 9.05. The summed E-state index contributed by atoms with van der Waals surface area (Å²) in [7, 11) is 0. The van der Waals surface area contributed by atoms with Crippen LogP contribution in [0.4, 0.5) is 5.13 Å². The molecule has 0 fully saturated rings. The Morgan fingerprint density at radius 1 is 1.19 bits per heavy atom. The molecular formula is C18H21Cl2N3O2S. The average molecular weight is 414 g/mol. The van der Waals surface area contributed by atoms with Crippen LogP contribution >= 0.6 is 35.3 Å². The summed E-state index contributed by atoms with van der Waals surface area (Å²) in [5.41, 5.74) is 0.726. The molecule has 2 heterocycles. The van der Waals surface area contributed by atoms with Crippen molar-refractivity contribution in [2.24, 2.45) is 0 Å². The molecule has 2 aromatic heterocycles. The maximum Gasteiger partial charge on any atom is 0.295 e. The minimum Gasteiger partial charge on any atom is -0.459 e. The van der Waals surface area contributed by atoms with E-state index in [1.54, 1.807) is 17.0 Å². The Kier molecular flexibility index (Phi) is 7.46. The van der Waals surface area contributed by atoms with Crippen molar-refractivity contribution in [3.05, 3.63) is 47.4 Å². The monoisotopic (exact) mass is 413 g/mol. The molecule has 3 aromatic rings. The fraction of sp³-hybridized carbons (Fsp3) is 0.333. The molecule has 0 spiro atoms. The number of halogens is 2. The third-order valence-corrected chi connectivity index (χ3v) is 5.45. The molecule has 0 aliphatic heterocycles. The van der Waals surface area contributed by atoms with E-state index in [0.29, 0.717) is 22.5 Å². The minimum atomic E-state index is -0.188. The molecule has 0 radical (unpaired) electrons. The van der Waals surface area contributed by atoms with Crippen molar-refractivity contribution in [1.29, 1.82) is 0 Å². The quantitative estimate of drug-likeness (QED) is 0.549. The molecule has 140 valence electrons. The lowest BCUT2D eigenvalue weighted by atomic mass is 10.3. The van der Waals surface area contributed by atoms with Crippen molar-refractivity contribution in [1.82, 2.24) is 9.88 Å². The highest BCUT2D eigenvalue weighted by atomic mass is 35.5. The Balaban J connectivity index is 0.00000243. The van der Waals surface area contributed by atoms with Crippen LogP contribution in [0.1, 0.15) is 24.4 Å². The first-order chi connectivity index (χ1) is 12.1. The van der Waals surface area contributed by atoms with Gasteiger partial charge in [0.05, 0.1) is 16.0 Å². The molecule has 0 atom stereocenters. The Bertz CT molecular complexity index is 847. The molecule has 0 saturated carbocycles. The first-order valence-electron chi connectivity index (χ1n) is 8.26. The van der Waals surface area contributed by atoms with E-state index in [-0.39, 0.29) is 18.3 Å². The molecule has 1 aromatic carbocycles. The van der Waals surface area contributed by atoms with E-state index >= 15 is 0 Å². The number of rotatable bonds is 7. The normalized spacial score (nSPS) is 10.9. The standard InChI is InChI=1S/C18H20ClN3O2S.ClH/c1-3-21(4-2)10-11-22(17(23)14-8-6-12-24-14)18-20-16-13(19)7-5-9-15(16)25-18;/h5-9,12H,3-4,10-11H2,1-2H3;1H. The van der Waals surface area contributed by atoms with Crippen LogP contribution in [0.2, 0.25) is 5.02 Å². The molecule has 0 bridgehead atoms. The summed E-state index contributed by atoms with van der Waals surface area (Å²) in [4.78, 5) is 21.5. The van der Waals surface area contributed by atoms with Gasteiger partial charge in [-0.15, -0.1) is 12.4 Å². The molecule has 3 rings (SSSR count). The van der Waals surface area contributed by atoms with Crippen molar-refractivity contribution < 1.29 is 9.21 Å². The second-order valence-corrected chi connectivity index (χ2v) is 6.96. The molecule has 26 heavy (non-hydrogen) atoms. The molecule has 8 heteroatoms. The Labute approximate surface area is 168 Å². The first kappa shape index (κ1) is 20.7. The van der Waals surface area contributed by atoms with Crippen molar-refractivity contribution >= 4 is 56.6 Å². The number of likely N-dealkylation sites (N-methyl/N-ethyl adjacent to an activating group) is 1. The number of hydrogen-bond donors (Lipinski definition) is 0. The highest BCUT2D eigenvalue weighted by molar-refractivity contribution is 7.22. The summed E-state index contributed by atoms with van der Waals surface area (Å²) in [5.74, 6) is 0.122. The predicted octanol–water partition coefficient (Wildman–Crippen LogP) is 4.95. The lowest BCUT2D eigenvalue weighted by molar-refractivity contribution is 0.0957. The predicted molar refractivity (Wildman–Crippen MR) is 110 cm³/mol. The first-order valence-corrected chi connectivity index (χ1v) is 9.46. The van der Waals surface area contributed by atoms with Crippen LogP contribution in [0.3, 0.4) is 0 Å². The summed E-state index contributed by atoms with van der Waals surface area (Å²) < 4.78 is 6.26. The van der Waals surface area contributed by atoms with Gasteiger partial charge < -0.3 is 9.32 Å². The number of fused-ring (bicyclic) bond motifs is 1. The summed E-state index contributed by atoms with van der Waals surface area (Å²) in [6.45, 7) is 7.40. The SMILES string of the molecule is CCN(CC)CCN(C(=O)c1ccco1)c1nc2c(Cl)cccc2s1.Cl. The van der Waals surface area contributed by atoms with Crippen molar-refractivity contribution in [2.75, 3.05) is 31.1 Å². The van der Waals surface area contributed by atoms with Crippen molar-refractivity contribution in [3.63, 3.8) is 0 Å². The zero-order chi connectivity index (χ0) is 17.8. The van der Waals surface area contributed by atoms with Crippen molar-refractivity contribution in [3.8, 4) is 0 Å². The molecule has 0 aliphatic carbocycles. The van der Waals surface area contributed by atoms with E-state index in [1.807, 2.05) is 18.2 Å². The van der Waals surface area contributed by atoms with Gasteiger partial charge in [-0.1, -0.05) is 42.9 Å². The summed E-state index contributed by atoms with van der Waals surface area (Å²) >= 11 is 7.70. The van der Waals surface area contributed by atoms with Crippen LogP contribution in [0, 0.1) is 0 Å². The highest BCUT2D eigenvalue weighted by Gasteiger charge is 2.24. The maximum atomic E-state index is 12.9. The van der Waals surface area contributed by atoms with Gasteiger partial charge in [-0.3, -0.25) is 9.69 Å². The van der Waals surface area contributed by atoms with Crippen LogP contribution in [-0.4, -0.2) is 42.0 Å². The Hall–Kier alpha value is -1.60. The van der Waals surface area contributed by atoms with Gasteiger partial charge in [-0.05, 0) is 37.4 Å². The largest absolute Gasteiger partial charge is 0.459 e. The van der Waals surface area contributed by atoms with Gasteiger partial charge in [0.1, 0.15) is 5.52 Å². The topological polar surface area (TPSA) is 49.6 Å². The summed E-state index contributed by atoms with van der Waals surface area (Å²) in [5, 5.41) is 1.23. The molecular weight excluding hydrogens is 393 g/mol. The van der Waals surface area contributed by atoms with E-state index in [9.17, 15) is 4.79 Å². The number of thiazole rings is 1. The van der Waals surface area contributed by atoms with Gasteiger partial charge in [0.15, 0.2) is 10.9 Å². The van der Waals surface area contributed by atoms with Crippen LogP contribution in [0.25, 0.3) is 10.2 Å². The minimum absolute atomic E-state index is 0. The zero-order valence-corrected chi connectivity index (χ0v) is 17.0. The second kappa shape index (κ2) is 9.37.